The summed E-state index contributed by atoms with van der Waals surface area (Å²) in [5.74, 6) is -3.64. The van der Waals surface area contributed by atoms with E-state index in [1.807, 2.05) is 35.1 Å². The van der Waals surface area contributed by atoms with E-state index in [0.29, 0.717) is 6.07 Å². The maximum Gasteiger partial charge on any atom is 0.233 e. The lowest BCUT2D eigenvalue weighted by Gasteiger charge is -2.14. The van der Waals surface area contributed by atoms with E-state index in [4.69, 9.17) is 0 Å². The number of amides is 1. The van der Waals surface area contributed by atoms with Crippen molar-refractivity contribution in [2.24, 2.45) is 5.92 Å². The maximum absolute atomic E-state index is 13.5. The van der Waals surface area contributed by atoms with Gasteiger partial charge in [0.25, 0.3) is 0 Å². The second kappa shape index (κ2) is 8.06. The van der Waals surface area contributed by atoms with E-state index in [0.717, 1.165) is 17.7 Å². The number of carbonyl (C=O) groups is 1. The van der Waals surface area contributed by atoms with Crippen molar-refractivity contribution in [1.82, 2.24) is 5.32 Å². The Hall–Kier alpha value is -2.48. The number of hydrogen-bond donors (Lipinski definition) is 2. The van der Waals surface area contributed by atoms with Crippen LogP contribution in [0.15, 0.2) is 48.5 Å². The summed E-state index contributed by atoms with van der Waals surface area (Å²) in [6.07, 6.45) is 0. The van der Waals surface area contributed by atoms with E-state index in [9.17, 15) is 22.0 Å². The minimum atomic E-state index is -3.97. The molecule has 2 rings (SSSR count). The van der Waals surface area contributed by atoms with E-state index in [1.54, 1.807) is 0 Å². The van der Waals surface area contributed by atoms with Crippen LogP contribution in [0.4, 0.5) is 14.5 Å². The highest BCUT2D eigenvalue weighted by Crippen LogP contribution is 2.17. The molecule has 0 aliphatic heterocycles. The van der Waals surface area contributed by atoms with Gasteiger partial charge in [0, 0.05) is 12.6 Å². The third-order valence-corrected chi connectivity index (χ3v) is 4.89. The van der Waals surface area contributed by atoms with Crippen LogP contribution < -0.4 is 10.0 Å². The van der Waals surface area contributed by atoms with Gasteiger partial charge in [0.05, 0.1) is 17.4 Å². The summed E-state index contributed by atoms with van der Waals surface area (Å²) >= 11 is 0. The lowest BCUT2D eigenvalue weighted by molar-refractivity contribution is -0.124. The highest BCUT2D eigenvalue weighted by atomic mass is 32.2. The second-order valence-electron chi connectivity index (χ2n) is 5.61. The van der Waals surface area contributed by atoms with Gasteiger partial charge in [-0.15, -0.1) is 0 Å². The third-order valence-electron chi connectivity index (χ3n) is 3.42. The summed E-state index contributed by atoms with van der Waals surface area (Å²) in [4.78, 5) is 12.0. The number of nitrogens with one attached hydrogen (secondary N) is 2. The molecule has 0 aromatic heterocycles. The van der Waals surface area contributed by atoms with Crippen molar-refractivity contribution >= 4 is 21.6 Å². The molecule has 0 aliphatic carbocycles. The SMILES string of the molecule is CC(CS(=O)(=O)Nc1ccc(F)cc1F)C(=O)NCc1ccccc1. The van der Waals surface area contributed by atoms with Crippen LogP contribution in [-0.2, 0) is 21.4 Å². The van der Waals surface area contributed by atoms with E-state index in [-0.39, 0.29) is 12.2 Å². The molecule has 5 nitrogen and oxygen atoms in total. The van der Waals surface area contributed by atoms with Gasteiger partial charge in [0.2, 0.25) is 15.9 Å². The van der Waals surface area contributed by atoms with Gasteiger partial charge in [0.1, 0.15) is 11.6 Å². The molecule has 2 N–H and O–H groups in total. The van der Waals surface area contributed by atoms with Gasteiger partial charge in [-0.1, -0.05) is 37.3 Å². The molecule has 0 aliphatic rings. The van der Waals surface area contributed by atoms with Gasteiger partial charge in [-0.2, -0.15) is 0 Å². The zero-order chi connectivity index (χ0) is 18.4. The summed E-state index contributed by atoms with van der Waals surface area (Å²) in [7, 11) is -3.97. The Labute approximate surface area is 145 Å². The van der Waals surface area contributed by atoms with Crippen molar-refractivity contribution in [3.63, 3.8) is 0 Å². The van der Waals surface area contributed by atoms with Gasteiger partial charge in [-0.25, -0.2) is 17.2 Å². The van der Waals surface area contributed by atoms with Crippen LogP contribution >= 0.6 is 0 Å². The standard InChI is InChI=1S/C17H18F2N2O3S/c1-12(17(22)20-10-13-5-3-2-4-6-13)11-25(23,24)21-16-8-7-14(18)9-15(16)19/h2-9,12,21H,10-11H2,1H3,(H,20,22). The fourth-order valence-corrected chi connectivity index (χ4v) is 3.54. The Morgan fingerprint density at radius 3 is 2.44 bits per heavy atom. The van der Waals surface area contributed by atoms with E-state index >= 15 is 0 Å². The summed E-state index contributed by atoms with van der Waals surface area (Å²) < 4.78 is 52.6. The van der Waals surface area contributed by atoms with Crippen molar-refractivity contribution in [1.29, 1.82) is 0 Å². The molecule has 1 unspecified atom stereocenters. The van der Waals surface area contributed by atoms with Crippen LogP contribution in [0.5, 0.6) is 0 Å². The molecule has 2 aromatic carbocycles. The third kappa shape index (κ3) is 5.82. The maximum atomic E-state index is 13.5. The Kier molecular flexibility index (Phi) is 6.08. The molecule has 8 heteroatoms. The molecule has 1 atom stereocenters. The number of carbonyl (C=O) groups excluding carboxylic acids is 1. The minimum absolute atomic E-state index is 0.282. The number of hydrogen-bond acceptors (Lipinski definition) is 3. The van der Waals surface area contributed by atoms with Crippen LogP contribution in [0.3, 0.4) is 0 Å². The lowest BCUT2D eigenvalue weighted by Crippen LogP contribution is -2.34. The highest BCUT2D eigenvalue weighted by molar-refractivity contribution is 7.92. The Morgan fingerprint density at radius 1 is 1.12 bits per heavy atom. The summed E-state index contributed by atoms with van der Waals surface area (Å²) in [5.41, 5.74) is 0.524. The van der Waals surface area contributed by atoms with Gasteiger partial charge >= 0.3 is 0 Å². The quantitative estimate of drug-likeness (QED) is 0.789. The van der Waals surface area contributed by atoms with Gasteiger partial charge in [0.15, 0.2) is 0 Å². The van der Waals surface area contributed by atoms with E-state index in [1.165, 1.54) is 6.92 Å². The van der Waals surface area contributed by atoms with Gasteiger partial charge in [-0.05, 0) is 17.7 Å². The molecule has 2 aromatic rings. The molecule has 1 amide bonds. The molecule has 0 bridgehead atoms. The molecule has 0 radical (unpaired) electrons. The first-order chi connectivity index (χ1) is 11.8. The van der Waals surface area contributed by atoms with Crippen molar-refractivity contribution in [2.45, 2.75) is 13.5 Å². The topological polar surface area (TPSA) is 75.3 Å². The van der Waals surface area contributed by atoms with Gasteiger partial charge < -0.3 is 5.32 Å². The fraction of sp³-hybridized carbons (Fsp3) is 0.235. The number of anilines is 1. The largest absolute Gasteiger partial charge is 0.352 e. The predicted molar refractivity (Wildman–Crippen MR) is 91.2 cm³/mol. The average molecular weight is 368 g/mol. The van der Waals surface area contributed by atoms with Crippen LogP contribution in [0.25, 0.3) is 0 Å². The Morgan fingerprint density at radius 2 is 1.80 bits per heavy atom. The predicted octanol–water partition coefficient (Wildman–Crippen LogP) is 2.66. The summed E-state index contributed by atoms with van der Waals surface area (Å²) in [6.45, 7) is 1.74. The molecule has 0 saturated carbocycles. The first-order valence-electron chi connectivity index (χ1n) is 7.54. The first kappa shape index (κ1) is 18.9. The van der Waals surface area contributed by atoms with Crippen LogP contribution in [0, 0.1) is 17.6 Å². The number of rotatable bonds is 7. The zero-order valence-electron chi connectivity index (χ0n) is 13.5. The fourth-order valence-electron chi connectivity index (χ4n) is 2.15. The van der Waals surface area contributed by atoms with Gasteiger partial charge in [-0.3, -0.25) is 9.52 Å². The lowest BCUT2D eigenvalue weighted by atomic mass is 10.2. The van der Waals surface area contributed by atoms with Crippen LogP contribution in [0.2, 0.25) is 0 Å². The highest BCUT2D eigenvalue weighted by Gasteiger charge is 2.22. The molecule has 134 valence electrons. The van der Waals surface area contributed by atoms with Crippen LogP contribution in [0.1, 0.15) is 12.5 Å². The summed E-state index contributed by atoms with van der Waals surface area (Å²) in [5, 5.41) is 2.65. The van der Waals surface area contributed by atoms with E-state index in [2.05, 4.69) is 5.32 Å². The van der Waals surface area contributed by atoms with Crippen molar-refractivity contribution in [2.75, 3.05) is 10.5 Å². The molecule has 0 heterocycles. The number of benzene rings is 2. The average Bonchev–Trinajstić information content (AvgIpc) is 2.55. The first-order valence-corrected chi connectivity index (χ1v) is 9.19. The molecular formula is C17H18F2N2O3S. The molecular weight excluding hydrogens is 350 g/mol. The van der Waals surface area contributed by atoms with Crippen molar-refractivity contribution < 1.29 is 22.0 Å². The summed E-state index contributed by atoms with van der Waals surface area (Å²) in [6, 6.07) is 11.7. The molecule has 0 fully saturated rings. The number of sulfonamides is 1. The van der Waals surface area contributed by atoms with Crippen LogP contribution in [-0.4, -0.2) is 20.1 Å². The monoisotopic (exact) mass is 368 g/mol. The minimum Gasteiger partial charge on any atom is -0.352 e. The zero-order valence-corrected chi connectivity index (χ0v) is 14.3. The number of halogens is 2. The van der Waals surface area contributed by atoms with Crippen molar-refractivity contribution in [3.05, 3.63) is 65.7 Å². The smallest absolute Gasteiger partial charge is 0.233 e. The molecule has 0 saturated heterocycles. The van der Waals surface area contributed by atoms with Crippen molar-refractivity contribution in [3.8, 4) is 0 Å². The normalized spacial score (nSPS) is 12.4. The molecule has 0 spiro atoms. The second-order valence-corrected chi connectivity index (χ2v) is 7.38. The Bertz CT molecular complexity index is 842. The van der Waals surface area contributed by atoms with E-state index < -0.39 is 39.2 Å². The molecule has 25 heavy (non-hydrogen) atoms. The Balaban J connectivity index is 1.93.